The van der Waals surface area contributed by atoms with Crippen molar-refractivity contribution in [1.29, 1.82) is 0 Å². The van der Waals surface area contributed by atoms with Crippen LogP contribution in [0.1, 0.15) is 29.6 Å². The van der Waals surface area contributed by atoms with E-state index < -0.39 is 0 Å². The summed E-state index contributed by atoms with van der Waals surface area (Å²) in [5.74, 6) is 0.0396. The molecule has 1 fully saturated rings. The summed E-state index contributed by atoms with van der Waals surface area (Å²) in [5, 5.41) is 7.96. The molecule has 1 aliphatic rings. The first-order chi connectivity index (χ1) is 11.2. The van der Waals surface area contributed by atoms with E-state index in [1.54, 1.807) is 6.20 Å². The fraction of sp³-hybridized carbons (Fsp3) is 0.412. The molecule has 0 aliphatic carbocycles. The van der Waals surface area contributed by atoms with Crippen LogP contribution in [0.5, 0.6) is 0 Å². The van der Waals surface area contributed by atoms with Crippen molar-refractivity contribution in [3.63, 3.8) is 0 Å². The highest BCUT2D eigenvalue weighted by atomic mass is 35.5. The Bertz CT molecular complexity index is 651. The summed E-state index contributed by atoms with van der Waals surface area (Å²) in [6.07, 6.45) is 7.05. The van der Waals surface area contributed by atoms with Gasteiger partial charge in [0.1, 0.15) is 0 Å². The largest absolute Gasteiger partial charge is 0.383 e. The molecule has 2 heterocycles. The van der Waals surface area contributed by atoms with Gasteiger partial charge in [0.2, 0.25) is 0 Å². The number of benzene rings is 1. The standard InChI is InChI=1S/C17H21ClN4O/c18-16-13-14(19-8-12-22-11-4-7-20-22)5-6-15(16)17(23)21-9-2-1-3-10-21/h4-7,11,13,19H,1-3,8-10,12H2. The normalized spacial score (nSPS) is 14.7. The minimum absolute atomic E-state index is 0.0396. The molecule has 0 saturated carbocycles. The highest BCUT2D eigenvalue weighted by Crippen LogP contribution is 2.23. The monoisotopic (exact) mass is 332 g/mol. The topological polar surface area (TPSA) is 50.2 Å². The van der Waals surface area contributed by atoms with Gasteiger partial charge >= 0.3 is 0 Å². The highest BCUT2D eigenvalue weighted by Gasteiger charge is 2.20. The molecular formula is C17H21ClN4O. The van der Waals surface area contributed by atoms with Crippen LogP contribution in [-0.2, 0) is 6.54 Å². The Morgan fingerprint density at radius 2 is 2.09 bits per heavy atom. The molecule has 6 heteroatoms. The molecule has 1 aliphatic heterocycles. The fourth-order valence-electron chi connectivity index (χ4n) is 2.81. The van der Waals surface area contributed by atoms with Crippen LogP contribution in [0.3, 0.4) is 0 Å². The number of nitrogens with zero attached hydrogens (tertiary/aromatic N) is 3. The van der Waals surface area contributed by atoms with Crippen LogP contribution in [0.2, 0.25) is 5.02 Å². The van der Waals surface area contributed by atoms with E-state index in [0.717, 1.165) is 44.7 Å². The van der Waals surface area contributed by atoms with Crippen molar-refractivity contribution in [3.05, 3.63) is 47.2 Å². The van der Waals surface area contributed by atoms with E-state index in [9.17, 15) is 4.79 Å². The first kappa shape index (κ1) is 15.9. The lowest BCUT2D eigenvalue weighted by Gasteiger charge is -2.27. The first-order valence-electron chi connectivity index (χ1n) is 8.04. The number of aromatic nitrogens is 2. The Kier molecular flexibility index (Phi) is 5.18. The summed E-state index contributed by atoms with van der Waals surface area (Å²) in [6.45, 7) is 3.19. The maximum Gasteiger partial charge on any atom is 0.255 e. The van der Waals surface area contributed by atoms with Crippen molar-refractivity contribution in [3.8, 4) is 0 Å². The molecular weight excluding hydrogens is 312 g/mol. The van der Waals surface area contributed by atoms with Gasteiger partial charge in [-0.15, -0.1) is 0 Å². The van der Waals surface area contributed by atoms with E-state index in [2.05, 4.69) is 10.4 Å². The van der Waals surface area contributed by atoms with E-state index in [1.165, 1.54) is 6.42 Å². The molecule has 2 aromatic rings. The number of carbonyl (C=O) groups is 1. The molecule has 5 nitrogen and oxygen atoms in total. The van der Waals surface area contributed by atoms with Gasteiger partial charge in [0.25, 0.3) is 5.91 Å². The molecule has 0 bridgehead atoms. The second kappa shape index (κ2) is 7.51. The van der Waals surface area contributed by atoms with Gasteiger partial charge in [-0.05, 0) is 43.5 Å². The van der Waals surface area contributed by atoms with Crippen molar-refractivity contribution >= 4 is 23.2 Å². The van der Waals surface area contributed by atoms with E-state index in [-0.39, 0.29) is 5.91 Å². The van der Waals surface area contributed by atoms with Gasteiger partial charge in [0.15, 0.2) is 0 Å². The molecule has 3 rings (SSSR count). The fourth-order valence-corrected chi connectivity index (χ4v) is 3.07. The first-order valence-corrected chi connectivity index (χ1v) is 8.42. The summed E-state index contributed by atoms with van der Waals surface area (Å²) >= 11 is 6.32. The third kappa shape index (κ3) is 4.05. The molecule has 1 amide bonds. The zero-order valence-corrected chi connectivity index (χ0v) is 13.8. The average Bonchev–Trinajstić information content (AvgIpc) is 3.09. The second-order valence-corrected chi connectivity index (χ2v) is 6.15. The lowest BCUT2D eigenvalue weighted by atomic mass is 10.1. The zero-order valence-electron chi connectivity index (χ0n) is 13.0. The van der Waals surface area contributed by atoms with E-state index >= 15 is 0 Å². The lowest BCUT2D eigenvalue weighted by molar-refractivity contribution is 0.0724. The van der Waals surface area contributed by atoms with Gasteiger partial charge in [0.05, 0.1) is 17.1 Å². The maximum atomic E-state index is 12.5. The van der Waals surface area contributed by atoms with Crippen molar-refractivity contribution < 1.29 is 4.79 Å². The molecule has 0 atom stereocenters. The molecule has 0 radical (unpaired) electrons. The Balaban J connectivity index is 1.59. The quantitative estimate of drug-likeness (QED) is 0.914. The third-order valence-corrected chi connectivity index (χ3v) is 4.38. The van der Waals surface area contributed by atoms with Crippen LogP contribution < -0.4 is 5.32 Å². The van der Waals surface area contributed by atoms with Crippen molar-refractivity contribution in [2.75, 3.05) is 25.0 Å². The Morgan fingerprint density at radius 3 is 2.78 bits per heavy atom. The number of piperidine rings is 1. The number of hydrogen-bond acceptors (Lipinski definition) is 3. The van der Waals surface area contributed by atoms with Gasteiger partial charge in [-0.2, -0.15) is 5.10 Å². The van der Waals surface area contributed by atoms with Crippen LogP contribution in [0.4, 0.5) is 5.69 Å². The predicted molar refractivity (Wildman–Crippen MR) is 91.9 cm³/mol. The third-order valence-electron chi connectivity index (χ3n) is 4.07. The highest BCUT2D eigenvalue weighted by molar-refractivity contribution is 6.34. The number of carbonyl (C=O) groups excluding carboxylic acids is 1. The average molecular weight is 333 g/mol. The van der Waals surface area contributed by atoms with Gasteiger partial charge in [-0.25, -0.2) is 0 Å². The number of nitrogens with one attached hydrogen (secondary N) is 1. The minimum atomic E-state index is 0.0396. The lowest BCUT2D eigenvalue weighted by Crippen LogP contribution is -2.35. The number of rotatable bonds is 5. The van der Waals surface area contributed by atoms with E-state index in [4.69, 9.17) is 11.6 Å². The summed E-state index contributed by atoms with van der Waals surface area (Å²) in [7, 11) is 0. The van der Waals surface area contributed by atoms with Crippen LogP contribution in [0.25, 0.3) is 0 Å². The van der Waals surface area contributed by atoms with Crippen molar-refractivity contribution in [1.82, 2.24) is 14.7 Å². The van der Waals surface area contributed by atoms with Crippen LogP contribution >= 0.6 is 11.6 Å². The molecule has 23 heavy (non-hydrogen) atoms. The van der Waals surface area contributed by atoms with E-state index in [0.29, 0.717) is 10.6 Å². The van der Waals surface area contributed by atoms with Crippen molar-refractivity contribution in [2.24, 2.45) is 0 Å². The Labute approximate surface area is 141 Å². The minimum Gasteiger partial charge on any atom is -0.383 e. The molecule has 0 spiro atoms. The number of likely N-dealkylation sites (tertiary alicyclic amines) is 1. The molecule has 1 saturated heterocycles. The maximum absolute atomic E-state index is 12.5. The molecule has 1 aromatic heterocycles. The Morgan fingerprint density at radius 1 is 1.26 bits per heavy atom. The van der Waals surface area contributed by atoms with Crippen molar-refractivity contribution in [2.45, 2.75) is 25.8 Å². The second-order valence-electron chi connectivity index (χ2n) is 5.74. The zero-order chi connectivity index (χ0) is 16.1. The summed E-state index contributed by atoms with van der Waals surface area (Å²) in [4.78, 5) is 14.4. The summed E-state index contributed by atoms with van der Waals surface area (Å²) < 4.78 is 1.86. The van der Waals surface area contributed by atoms with Gasteiger partial charge in [-0.1, -0.05) is 11.6 Å². The summed E-state index contributed by atoms with van der Waals surface area (Å²) in [5.41, 5.74) is 1.50. The smallest absolute Gasteiger partial charge is 0.255 e. The van der Waals surface area contributed by atoms with Gasteiger partial charge < -0.3 is 10.2 Å². The number of halogens is 1. The SMILES string of the molecule is O=C(c1ccc(NCCn2cccn2)cc1Cl)N1CCCCC1. The Hall–Kier alpha value is -2.01. The summed E-state index contributed by atoms with van der Waals surface area (Å²) in [6, 6.07) is 7.45. The predicted octanol–water partition coefficient (Wildman–Crippen LogP) is 3.27. The van der Waals surface area contributed by atoms with Crippen LogP contribution in [0, 0.1) is 0 Å². The number of hydrogen-bond donors (Lipinski definition) is 1. The van der Waals surface area contributed by atoms with Gasteiger partial charge in [0, 0.05) is 37.7 Å². The number of amides is 1. The molecule has 0 unspecified atom stereocenters. The number of anilines is 1. The van der Waals surface area contributed by atoms with E-state index in [1.807, 2.05) is 40.0 Å². The van der Waals surface area contributed by atoms with Crippen LogP contribution in [-0.4, -0.2) is 40.2 Å². The molecule has 122 valence electrons. The van der Waals surface area contributed by atoms with Gasteiger partial charge in [-0.3, -0.25) is 9.48 Å². The molecule has 1 aromatic carbocycles. The molecule has 1 N–H and O–H groups in total. The van der Waals surface area contributed by atoms with Crippen LogP contribution in [0.15, 0.2) is 36.7 Å².